The first kappa shape index (κ1) is 22.6. The van der Waals surface area contributed by atoms with Crippen LogP contribution in [0.4, 0.5) is 17.1 Å². The Morgan fingerprint density at radius 1 is 1.06 bits per heavy atom. The molecule has 2 aliphatic rings. The second kappa shape index (κ2) is 9.94. The molecule has 3 N–H and O–H groups in total. The molecule has 2 aromatic carbocycles. The van der Waals surface area contributed by atoms with Crippen LogP contribution in [0.15, 0.2) is 48.5 Å². The van der Waals surface area contributed by atoms with Gasteiger partial charge in [0.05, 0.1) is 18.2 Å². The number of nitrogens with one attached hydrogen (secondary N) is 1. The lowest BCUT2D eigenvalue weighted by Gasteiger charge is -2.32. The van der Waals surface area contributed by atoms with E-state index in [2.05, 4.69) is 10.2 Å². The van der Waals surface area contributed by atoms with E-state index in [1.54, 1.807) is 4.90 Å². The van der Waals surface area contributed by atoms with Gasteiger partial charge in [0.1, 0.15) is 5.75 Å². The molecule has 0 radical (unpaired) electrons. The standard InChI is InChI=1S/C25H30N4O4/c1-2-33-22-6-4-3-5-21(22)29-16-18(15-23(29)30)25(32)27-19-7-9-20(10-8-19)28-13-11-17(12-14-28)24(26)31/h3-10,17-18H,2,11-16H2,1H3,(H2,26,31)(H,27,32). The van der Waals surface area contributed by atoms with Crippen LogP contribution in [-0.4, -0.2) is 44.0 Å². The first-order chi connectivity index (χ1) is 16.0. The number of carbonyl (C=O) groups is 3. The molecule has 33 heavy (non-hydrogen) atoms. The van der Waals surface area contributed by atoms with E-state index >= 15 is 0 Å². The molecule has 2 fully saturated rings. The summed E-state index contributed by atoms with van der Waals surface area (Å²) in [5.41, 5.74) is 7.85. The Balaban J connectivity index is 1.35. The van der Waals surface area contributed by atoms with Gasteiger partial charge < -0.3 is 25.6 Å². The zero-order valence-corrected chi connectivity index (χ0v) is 18.8. The van der Waals surface area contributed by atoms with Crippen LogP contribution >= 0.6 is 0 Å². The van der Waals surface area contributed by atoms with Crippen molar-refractivity contribution in [3.63, 3.8) is 0 Å². The topological polar surface area (TPSA) is 105 Å². The van der Waals surface area contributed by atoms with E-state index in [1.165, 1.54) is 0 Å². The van der Waals surface area contributed by atoms with Gasteiger partial charge in [-0.05, 0) is 56.2 Å². The fraction of sp³-hybridized carbons (Fsp3) is 0.400. The second-order valence-electron chi connectivity index (χ2n) is 8.51. The Morgan fingerprint density at radius 2 is 1.76 bits per heavy atom. The third kappa shape index (κ3) is 5.10. The number of benzene rings is 2. The number of ether oxygens (including phenoxy) is 1. The molecule has 3 amide bonds. The zero-order chi connectivity index (χ0) is 23.4. The van der Waals surface area contributed by atoms with Gasteiger partial charge in [-0.2, -0.15) is 0 Å². The van der Waals surface area contributed by atoms with E-state index in [0.29, 0.717) is 30.3 Å². The van der Waals surface area contributed by atoms with E-state index in [0.717, 1.165) is 31.6 Å². The highest BCUT2D eigenvalue weighted by Gasteiger charge is 2.36. The lowest BCUT2D eigenvalue weighted by Crippen LogP contribution is -2.38. The quantitative estimate of drug-likeness (QED) is 0.675. The van der Waals surface area contributed by atoms with Crippen LogP contribution in [0.1, 0.15) is 26.2 Å². The molecule has 0 bridgehead atoms. The SMILES string of the molecule is CCOc1ccccc1N1CC(C(=O)Nc2ccc(N3CCC(C(N)=O)CC3)cc2)CC1=O. The van der Waals surface area contributed by atoms with Crippen molar-refractivity contribution in [1.29, 1.82) is 0 Å². The van der Waals surface area contributed by atoms with Crippen molar-refractivity contribution in [3.8, 4) is 5.75 Å². The van der Waals surface area contributed by atoms with Gasteiger partial charge in [0.2, 0.25) is 17.7 Å². The van der Waals surface area contributed by atoms with Crippen LogP contribution < -0.4 is 25.6 Å². The number of primary amides is 1. The Bertz CT molecular complexity index is 1020. The predicted octanol–water partition coefficient (Wildman–Crippen LogP) is 2.78. The number of piperidine rings is 1. The minimum Gasteiger partial charge on any atom is -0.492 e. The van der Waals surface area contributed by atoms with Gasteiger partial charge in [0.15, 0.2) is 0 Å². The number of anilines is 3. The number of nitrogens with two attached hydrogens (primary N) is 1. The van der Waals surface area contributed by atoms with E-state index in [9.17, 15) is 14.4 Å². The molecule has 2 aromatic rings. The first-order valence-corrected chi connectivity index (χ1v) is 11.4. The molecule has 8 nitrogen and oxygen atoms in total. The van der Waals surface area contributed by atoms with Crippen molar-refractivity contribution in [3.05, 3.63) is 48.5 Å². The van der Waals surface area contributed by atoms with Crippen LogP contribution in [-0.2, 0) is 14.4 Å². The molecule has 0 aromatic heterocycles. The Labute approximate surface area is 193 Å². The van der Waals surface area contributed by atoms with Gasteiger partial charge in [-0.15, -0.1) is 0 Å². The van der Waals surface area contributed by atoms with Crippen LogP contribution in [0.2, 0.25) is 0 Å². The summed E-state index contributed by atoms with van der Waals surface area (Å²) < 4.78 is 5.65. The van der Waals surface area contributed by atoms with E-state index in [-0.39, 0.29) is 30.1 Å². The molecule has 2 saturated heterocycles. The van der Waals surface area contributed by atoms with Crippen LogP contribution in [0.3, 0.4) is 0 Å². The maximum Gasteiger partial charge on any atom is 0.229 e. The van der Waals surface area contributed by atoms with Crippen molar-refractivity contribution in [2.45, 2.75) is 26.2 Å². The molecule has 0 aliphatic carbocycles. The van der Waals surface area contributed by atoms with Gasteiger partial charge in [-0.1, -0.05) is 12.1 Å². The maximum atomic E-state index is 12.9. The third-order valence-electron chi connectivity index (χ3n) is 6.35. The third-order valence-corrected chi connectivity index (χ3v) is 6.35. The van der Waals surface area contributed by atoms with E-state index < -0.39 is 5.92 Å². The minimum absolute atomic E-state index is 0.0472. The average molecular weight is 451 g/mol. The summed E-state index contributed by atoms with van der Waals surface area (Å²) >= 11 is 0. The molecular weight excluding hydrogens is 420 g/mol. The second-order valence-corrected chi connectivity index (χ2v) is 8.51. The van der Waals surface area contributed by atoms with Crippen molar-refractivity contribution in [2.24, 2.45) is 17.6 Å². The van der Waals surface area contributed by atoms with Gasteiger partial charge in [0.25, 0.3) is 0 Å². The molecule has 0 spiro atoms. The minimum atomic E-state index is -0.431. The Hall–Kier alpha value is -3.55. The predicted molar refractivity (Wildman–Crippen MR) is 127 cm³/mol. The lowest BCUT2D eigenvalue weighted by molar-refractivity contribution is -0.122. The Kier molecular flexibility index (Phi) is 6.82. The van der Waals surface area contributed by atoms with Crippen LogP contribution in [0, 0.1) is 11.8 Å². The average Bonchev–Trinajstić information content (AvgIpc) is 3.22. The van der Waals surface area contributed by atoms with Gasteiger partial charge in [0, 0.05) is 43.3 Å². The van der Waals surface area contributed by atoms with Gasteiger partial charge in [-0.25, -0.2) is 0 Å². The van der Waals surface area contributed by atoms with Crippen LogP contribution in [0.5, 0.6) is 5.75 Å². The van der Waals surface area contributed by atoms with Crippen molar-refractivity contribution < 1.29 is 19.1 Å². The summed E-state index contributed by atoms with van der Waals surface area (Å²) in [5, 5.41) is 2.94. The number of amides is 3. The number of rotatable bonds is 7. The monoisotopic (exact) mass is 450 g/mol. The highest BCUT2D eigenvalue weighted by Crippen LogP contribution is 2.33. The number of carbonyl (C=O) groups excluding carboxylic acids is 3. The fourth-order valence-electron chi connectivity index (χ4n) is 4.50. The summed E-state index contributed by atoms with van der Waals surface area (Å²) in [6, 6.07) is 15.1. The largest absolute Gasteiger partial charge is 0.492 e. The number of hydrogen-bond acceptors (Lipinski definition) is 5. The summed E-state index contributed by atoms with van der Waals surface area (Å²) in [4.78, 5) is 40.7. The van der Waals surface area contributed by atoms with Crippen molar-refractivity contribution in [2.75, 3.05) is 41.4 Å². The Morgan fingerprint density at radius 3 is 2.42 bits per heavy atom. The van der Waals surface area contributed by atoms with Gasteiger partial charge >= 0.3 is 0 Å². The molecule has 4 rings (SSSR count). The molecule has 0 saturated carbocycles. The normalized spacial score (nSPS) is 18.9. The number of para-hydroxylation sites is 2. The maximum absolute atomic E-state index is 12.9. The van der Waals surface area contributed by atoms with E-state index in [1.807, 2.05) is 55.5 Å². The highest BCUT2D eigenvalue weighted by atomic mass is 16.5. The molecule has 1 atom stereocenters. The fourth-order valence-corrected chi connectivity index (χ4v) is 4.50. The number of nitrogens with zero attached hydrogens (tertiary/aromatic N) is 2. The molecular formula is C25H30N4O4. The summed E-state index contributed by atoms with van der Waals surface area (Å²) in [5.74, 6) is -0.316. The molecule has 1 unspecified atom stereocenters. The molecule has 2 aliphatic heterocycles. The summed E-state index contributed by atoms with van der Waals surface area (Å²) in [6.07, 6.45) is 1.68. The van der Waals surface area contributed by atoms with E-state index in [4.69, 9.17) is 10.5 Å². The zero-order valence-electron chi connectivity index (χ0n) is 18.8. The van der Waals surface area contributed by atoms with Crippen molar-refractivity contribution in [1.82, 2.24) is 0 Å². The number of hydrogen-bond donors (Lipinski definition) is 2. The summed E-state index contributed by atoms with van der Waals surface area (Å²) in [7, 11) is 0. The smallest absolute Gasteiger partial charge is 0.229 e. The molecule has 174 valence electrons. The van der Waals surface area contributed by atoms with Crippen molar-refractivity contribution >= 4 is 34.8 Å². The molecule has 2 heterocycles. The first-order valence-electron chi connectivity index (χ1n) is 11.4. The highest BCUT2D eigenvalue weighted by molar-refractivity contribution is 6.04. The molecule has 8 heteroatoms. The van der Waals surface area contributed by atoms with Gasteiger partial charge in [-0.3, -0.25) is 14.4 Å². The van der Waals surface area contributed by atoms with Crippen LogP contribution in [0.25, 0.3) is 0 Å². The lowest BCUT2D eigenvalue weighted by atomic mass is 9.96. The summed E-state index contributed by atoms with van der Waals surface area (Å²) in [6.45, 7) is 4.28.